The molecule has 4 N–H and O–H groups in total. The van der Waals surface area contributed by atoms with E-state index in [4.69, 9.17) is 38.7 Å². The predicted molar refractivity (Wildman–Crippen MR) is 118 cm³/mol. The highest BCUT2D eigenvalue weighted by molar-refractivity contribution is 6.39. The molecular formula is C21H14Cl2N6O2. The van der Waals surface area contributed by atoms with Gasteiger partial charge in [-0.1, -0.05) is 23.2 Å². The van der Waals surface area contributed by atoms with E-state index >= 15 is 0 Å². The van der Waals surface area contributed by atoms with Crippen molar-refractivity contribution in [2.75, 3.05) is 11.9 Å². The molecule has 0 bridgehead atoms. The van der Waals surface area contributed by atoms with E-state index in [-0.39, 0.29) is 6.61 Å². The molecule has 4 aromatic rings. The van der Waals surface area contributed by atoms with Crippen LogP contribution in [0.2, 0.25) is 10.0 Å². The van der Waals surface area contributed by atoms with Gasteiger partial charge in [-0.15, -0.1) is 0 Å². The lowest BCUT2D eigenvalue weighted by molar-refractivity contribution is -0.119. The first kappa shape index (κ1) is 19.3. The number of H-pyrrole nitrogens is 1. The molecule has 0 saturated heterocycles. The third kappa shape index (κ3) is 3.45. The summed E-state index contributed by atoms with van der Waals surface area (Å²) in [6, 6.07) is 8.79. The van der Waals surface area contributed by atoms with E-state index in [0.717, 1.165) is 22.5 Å². The fraction of sp³-hybridized carbons (Fsp3) is 0.0476. The molecule has 4 heterocycles. The van der Waals surface area contributed by atoms with Crippen LogP contribution in [0.1, 0.15) is 0 Å². The number of imidazole rings is 1. The highest BCUT2D eigenvalue weighted by Crippen LogP contribution is 2.45. The lowest BCUT2D eigenvalue weighted by Gasteiger charge is -2.10. The van der Waals surface area contributed by atoms with Gasteiger partial charge in [0.2, 0.25) is 0 Å². The van der Waals surface area contributed by atoms with Crippen LogP contribution in [0, 0.1) is 0 Å². The molecule has 154 valence electrons. The Morgan fingerprint density at radius 1 is 1.13 bits per heavy atom. The Labute approximate surface area is 186 Å². The van der Waals surface area contributed by atoms with Gasteiger partial charge in [-0.2, -0.15) is 0 Å². The number of nitrogens with two attached hydrogens (primary N) is 1. The lowest BCUT2D eigenvalue weighted by atomic mass is 10.1. The van der Waals surface area contributed by atoms with E-state index in [1.165, 1.54) is 0 Å². The van der Waals surface area contributed by atoms with Crippen molar-refractivity contribution in [3.63, 3.8) is 0 Å². The minimum Gasteiger partial charge on any atom is -0.484 e. The van der Waals surface area contributed by atoms with Gasteiger partial charge in [0.15, 0.2) is 6.61 Å². The van der Waals surface area contributed by atoms with E-state index in [1.807, 2.05) is 18.2 Å². The first-order chi connectivity index (χ1) is 15.0. The van der Waals surface area contributed by atoms with Crippen molar-refractivity contribution in [3.05, 3.63) is 59.0 Å². The first-order valence-electron chi connectivity index (χ1n) is 9.18. The van der Waals surface area contributed by atoms with E-state index in [1.54, 1.807) is 30.7 Å². The number of hydrogen-bond donors (Lipinski definition) is 3. The predicted octanol–water partition coefficient (Wildman–Crippen LogP) is 4.43. The van der Waals surface area contributed by atoms with Crippen LogP contribution in [0.25, 0.3) is 33.9 Å². The van der Waals surface area contributed by atoms with Crippen LogP contribution in [0.15, 0.2) is 48.9 Å². The Bertz CT molecular complexity index is 1250. The number of primary amides is 1. The van der Waals surface area contributed by atoms with Crippen molar-refractivity contribution in [1.29, 1.82) is 0 Å². The maximum atomic E-state index is 11.0. The number of rotatable bonds is 4. The summed E-state index contributed by atoms with van der Waals surface area (Å²) in [7, 11) is 0. The fourth-order valence-electron chi connectivity index (χ4n) is 3.43. The summed E-state index contributed by atoms with van der Waals surface area (Å²) < 4.78 is 5.31. The lowest BCUT2D eigenvalue weighted by Crippen LogP contribution is -2.20. The molecule has 0 radical (unpaired) electrons. The zero-order valence-corrected chi connectivity index (χ0v) is 17.3. The van der Waals surface area contributed by atoms with Crippen molar-refractivity contribution in [1.82, 2.24) is 19.9 Å². The molecule has 3 aromatic heterocycles. The number of pyridine rings is 2. The van der Waals surface area contributed by atoms with Gasteiger partial charge in [-0.05, 0) is 30.3 Å². The van der Waals surface area contributed by atoms with Gasteiger partial charge in [0.1, 0.15) is 23.1 Å². The van der Waals surface area contributed by atoms with E-state index < -0.39 is 5.91 Å². The third-order valence-electron chi connectivity index (χ3n) is 4.74. The summed E-state index contributed by atoms with van der Waals surface area (Å²) in [6.07, 6.45) is 5.15. The molecule has 0 unspecified atom stereocenters. The van der Waals surface area contributed by atoms with Crippen LogP contribution in [0.3, 0.4) is 0 Å². The quantitative estimate of drug-likeness (QED) is 0.371. The zero-order chi connectivity index (χ0) is 21.5. The van der Waals surface area contributed by atoms with Gasteiger partial charge < -0.3 is 20.8 Å². The zero-order valence-electron chi connectivity index (χ0n) is 15.8. The molecule has 31 heavy (non-hydrogen) atoms. The Kier molecular flexibility index (Phi) is 4.72. The molecule has 0 saturated carbocycles. The summed E-state index contributed by atoms with van der Waals surface area (Å²) in [5, 5.41) is 3.94. The van der Waals surface area contributed by atoms with E-state index in [2.05, 4.69) is 20.3 Å². The largest absolute Gasteiger partial charge is 0.484 e. The Hall–Kier alpha value is -3.62. The SMILES string of the molecule is NC(=O)COc1cc(Cl)c(-c2nc3c([nH]2)-c2ccncc2Nc2ncccc2-3)c(Cl)c1. The van der Waals surface area contributed by atoms with Crippen LogP contribution in [0.5, 0.6) is 5.75 Å². The smallest absolute Gasteiger partial charge is 0.255 e. The average Bonchev–Trinajstić information content (AvgIpc) is 3.12. The monoisotopic (exact) mass is 452 g/mol. The maximum absolute atomic E-state index is 11.0. The number of fused-ring (bicyclic) bond motifs is 5. The molecule has 0 aliphatic carbocycles. The van der Waals surface area contributed by atoms with Gasteiger partial charge in [0.05, 0.1) is 33.2 Å². The minimum atomic E-state index is -0.597. The van der Waals surface area contributed by atoms with Crippen LogP contribution in [-0.2, 0) is 4.79 Å². The highest BCUT2D eigenvalue weighted by Gasteiger charge is 2.25. The third-order valence-corrected chi connectivity index (χ3v) is 5.34. The number of benzene rings is 1. The molecule has 10 heteroatoms. The van der Waals surface area contributed by atoms with Gasteiger partial charge >= 0.3 is 0 Å². The number of aromatic amines is 1. The van der Waals surface area contributed by atoms with Crippen LogP contribution < -0.4 is 15.8 Å². The Morgan fingerprint density at radius 3 is 2.71 bits per heavy atom. The van der Waals surface area contributed by atoms with Crippen LogP contribution in [0.4, 0.5) is 11.5 Å². The minimum absolute atomic E-state index is 0.275. The molecule has 0 fully saturated rings. The fourth-order valence-corrected chi connectivity index (χ4v) is 4.08. The number of ether oxygens (including phenoxy) is 1. The number of aromatic nitrogens is 4. The van der Waals surface area contributed by atoms with Crippen molar-refractivity contribution in [2.45, 2.75) is 0 Å². The standard InChI is InChI=1S/C21H14Cl2N6O2/c22-13-6-10(31-9-16(24)30)7-14(23)17(13)21-28-18-11-3-5-25-8-15(11)27-20-12(19(18)29-21)2-1-4-26-20/h1-8H,9H2,(H2,24,30)(H,26,27)(H,28,29). The van der Waals surface area contributed by atoms with Gasteiger partial charge in [-0.3, -0.25) is 9.78 Å². The van der Waals surface area contributed by atoms with Crippen LogP contribution in [-0.4, -0.2) is 32.4 Å². The van der Waals surface area contributed by atoms with Gasteiger partial charge in [0, 0.05) is 23.5 Å². The number of amides is 1. The second kappa shape index (κ2) is 7.57. The summed E-state index contributed by atoms with van der Waals surface area (Å²) in [5.41, 5.74) is 9.63. The summed E-state index contributed by atoms with van der Waals surface area (Å²) in [6.45, 7) is -0.275. The number of carbonyl (C=O) groups excluding carboxylic acids is 1. The topological polar surface area (TPSA) is 119 Å². The second-order valence-electron chi connectivity index (χ2n) is 6.77. The summed E-state index contributed by atoms with van der Waals surface area (Å²) in [5.74, 6) is 0.892. The number of nitrogens with one attached hydrogen (secondary N) is 2. The molecule has 1 amide bonds. The van der Waals surface area contributed by atoms with E-state index in [0.29, 0.717) is 38.7 Å². The van der Waals surface area contributed by atoms with Crippen molar-refractivity contribution in [3.8, 4) is 39.7 Å². The molecule has 8 nitrogen and oxygen atoms in total. The number of carbonyl (C=O) groups is 1. The van der Waals surface area contributed by atoms with Gasteiger partial charge in [0.25, 0.3) is 5.91 Å². The number of nitrogens with zero attached hydrogens (tertiary/aromatic N) is 3. The average molecular weight is 453 g/mol. The number of halogens is 2. The molecule has 1 aliphatic heterocycles. The molecule has 1 aliphatic rings. The maximum Gasteiger partial charge on any atom is 0.255 e. The Morgan fingerprint density at radius 2 is 1.94 bits per heavy atom. The molecule has 0 atom stereocenters. The normalized spacial score (nSPS) is 11.5. The summed E-state index contributed by atoms with van der Waals surface area (Å²) >= 11 is 13.0. The van der Waals surface area contributed by atoms with Crippen LogP contribution >= 0.6 is 23.2 Å². The molecule has 0 spiro atoms. The van der Waals surface area contributed by atoms with Crippen molar-refractivity contribution >= 4 is 40.6 Å². The Balaban J connectivity index is 1.67. The summed E-state index contributed by atoms with van der Waals surface area (Å²) in [4.78, 5) is 27.8. The highest BCUT2D eigenvalue weighted by atomic mass is 35.5. The second-order valence-corrected chi connectivity index (χ2v) is 7.59. The van der Waals surface area contributed by atoms with Crippen molar-refractivity contribution < 1.29 is 9.53 Å². The van der Waals surface area contributed by atoms with E-state index in [9.17, 15) is 4.79 Å². The van der Waals surface area contributed by atoms with Crippen molar-refractivity contribution in [2.24, 2.45) is 5.73 Å². The number of anilines is 2. The molecule has 5 rings (SSSR count). The first-order valence-corrected chi connectivity index (χ1v) is 9.94. The molecule has 1 aromatic carbocycles. The van der Waals surface area contributed by atoms with Gasteiger partial charge in [-0.25, -0.2) is 9.97 Å². The number of hydrogen-bond acceptors (Lipinski definition) is 6. The molecular weight excluding hydrogens is 439 g/mol.